The van der Waals surface area contributed by atoms with Crippen LogP contribution in [-0.2, 0) is 0 Å². The molecule has 70 valence electrons. The third kappa shape index (κ3) is 1.50. The lowest BCUT2D eigenvalue weighted by Crippen LogP contribution is -2.54. The molecular weight excluding hydrogens is 148 g/mol. The largest absolute Gasteiger partial charge is 0.314 e. The van der Waals surface area contributed by atoms with Gasteiger partial charge in [-0.25, -0.2) is 0 Å². The molecule has 0 aromatic heterocycles. The summed E-state index contributed by atoms with van der Waals surface area (Å²) in [5, 5.41) is 3.60. The van der Waals surface area contributed by atoms with Gasteiger partial charge in [-0.1, -0.05) is 6.92 Å². The summed E-state index contributed by atoms with van der Waals surface area (Å²) < 4.78 is 0. The number of rotatable bonds is 1. The van der Waals surface area contributed by atoms with E-state index in [4.69, 9.17) is 0 Å². The van der Waals surface area contributed by atoms with Crippen molar-refractivity contribution < 1.29 is 0 Å². The highest BCUT2D eigenvalue weighted by Gasteiger charge is 2.33. The minimum Gasteiger partial charge on any atom is -0.314 e. The average Bonchev–Trinajstić information content (AvgIpc) is 2.12. The maximum absolute atomic E-state index is 3.60. The first-order valence-corrected chi connectivity index (χ1v) is 5.25. The number of hydrogen-bond acceptors (Lipinski definition) is 2. The van der Waals surface area contributed by atoms with Crippen LogP contribution in [0.2, 0.25) is 0 Å². The normalized spacial score (nSPS) is 43.0. The molecule has 2 nitrogen and oxygen atoms in total. The average molecular weight is 168 g/mol. The molecule has 2 heterocycles. The number of nitrogens with one attached hydrogen (secondary N) is 1. The molecular formula is C10H20N2. The molecule has 0 radical (unpaired) electrons. The van der Waals surface area contributed by atoms with E-state index in [0.717, 1.165) is 17.9 Å². The molecule has 1 N–H and O–H groups in total. The van der Waals surface area contributed by atoms with E-state index in [1.54, 1.807) is 0 Å². The van der Waals surface area contributed by atoms with Crippen molar-refractivity contribution >= 4 is 0 Å². The summed E-state index contributed by atoms with van der Waals surface area (Å²) in [4.78, 5) is 2.61. The summed E-state index contributed by atoms with van der Waals surface area (Å²) in [7, 11) is 0. The smallest absolute Gasteiger partial charge is 0.00794 e. The third-order valence-electron chi connectivity index (χ3n) is 3.53. The summed E-state index contributed by atoms with van der Waals surface area (Å²) in [6.45, 7) is 9.74. The van der Waals surface area contributed by atoms with Crippen molar-refractivity contribution in [3.05, 3.63) is 0 Å². The van der Waals surface area contributed by atoms with E-state index < -0.39 is 0 Å². The maximum Gasteiger partial charge on any atom is 0.00794 e. The van der Waals surface area contributed by atoms with Crippen LogP contribution in [0.25, 0.3) is 0 Å². The van der Waals surface area contributed by atoms with Crippen molar-refractivity contribution in [3.63, 3.8) is 0 Å². The minimum absolute atomic E-state index is 0.746. The number of fused-ring (bicyclic) bond motifs is 2. The maximum atomic E-state index is 3.60. The molecule has 0 aromatic carbocycles. The van der Waals surface area contributed by atoms with Crippen LogP contribution in [0.4, 0.5) is 0 Å². The van der Waals surface area contributed by atoms with E-state index in [1.807, 2.05) is 0 Å². The van der Waals surface area contributed by atoms with Gasteiger partial charge in [0.25, 0.3) is 0 Å². The molecule has 2 heteroatoms. The molecule has 12 heavy (non-hydrogen) atoms. The summed E-state index contributed by atoms with van der Waals surface area (Å²) in [5.41, 5.74) is 0. The highest BCUT2D eigenvalue weighted by molar-refractivity contribution is 4.89. The number of hydrogen-bond donors (Lipinski definition) is 1. The predicted octanol–water partition coefficient (Wildman–Crippen LogP) is 0.936. The first-order valence-electron chi connectivity index (χ1n) is 5.25. The summed E-state index contributed by atoms with van der Waals surface area (Å²) >= 11 is 0. The van der Waals surface area contributed by atoms with Crippen molar-refractivity contribution in [2.75, 3.05) is 26.2 Å². The first kappa shape index (κ1) is 8.52. The SMILES string of the molecule is CCN1C[C@H]2CN[C@H](C)[C@@H](C2)C1. The number of likely N-dealkylation sites (tertiary alicyclic amines) is 1. The van der Waals surface area contributed by atoms with E-state index in [1.165, 1.54) is 32.6 Å². The second-order valence-corrected chi connectivity index (χ2v) is 4.41. The van der Waals surface area contributed by atoms with Gasteiger partial charge >= 0.3 is 0 Å². The van der Waals surface area contributed by atoms with Gasteiger partial charge in [0.15, 0.2) is 0 Å². The summed E-state index contributed by atoms with van der Waals surface area (Å²) in [5.74, 6) is 1.84. The van der Waals surface area contributed by atoms with Crippen molar-refractivity contribution in [3.8, 4) is 0 Å². The molecule has 2 aliphatic heterocycles. The van der Waals surface area contributed by atoms with Crippen LogP contribution in [0.15, 0.2) is 0 Å². The standard InChI is InChI=1S/C10H20N2/c1-3-12-6-9-4-10(7-12)8(2)11-5-9/h8-11H,3-7H2,1-2H3/t8-,9-,10+/m1/s1. The van der Waals surface area contributed by atoms with Gasteiger partial charge in [0.05, 0.1) is 0 Å². The molecule has 2 rings (SSSR count). The lowest BCUT2D eigenvalue weighted by Gasteiger charge is -2.44. The molecule has 2 fully saturated rings. The molecule has 2 aliphatic rings. The number of piperidine rings is 2. The van der Waals surface area contributed by atoms with Gasteiger partial charge in [-0.2, -0.15) is 0 Å². The van der Waals surface area contributed by atoms with Gasteiger partial charge in [0.1, 0.15) is 0 Å². The van der Waals surface area contributed by atoms with Gasteiger partial charge in [0, 0.05) is 19.1 Å². The topological polar surface area (TPSA) is 15.3 Å². The summed E-state index contributed by atoms with van der Waals surface area (Å²) in [6.07, 6.45) is 1.46. The van der Waals surface area contributed by atoms with E-state index in [2.05, 4.69) is 24.1 Å². The quantitative estimate of drug-likeness (QED) is 0.627. The Bertz CT molecular complexity index is 156. The van der Waals surface area contributed by atoms with Crippen LogP contribution < -0.4 is 5.32 Å². The van der Waals surface area contributed by atoms with Crippen LogP contribution in [-0.4, -0.2) is 37.1 Å². The van der Waals surface area contributed by atoms with E-state index >= 15 is 0 Å². The van der Waals surface area contributed by atoms with Crippen molar-refractivity contribution in [2.45, 2.75) is 26.3 Å². The Hall–Kier alpha value is -0.0800. The fourth-order valence-electron chi connectivity index (χ4n) is 2.64. The monoisotopic (exact) mass is 168 g/mol. The van der Waals surface area contributed by atoms with E-state index in [9.17, 15) is 0 Å². The Labute approximate surface area is 75.3 Å². The van der Waals surface area contributed by atoms with E-state index in [0.29, 0.717) is 0 Å². The third-order valence-corrected chi connectivity index (χ3v) is 3.53. The van der Waals surface area contributed by atoms with Crippen molar-refractivity contribution in [1.82, 2.24) is 10.2 Å². The van der Waals surface area contributed by atoms with Gasteiger partial charge < -0.3 is 10.2 Å². The Kier molecular flexibility index (Phi) is 2.37. The molecule has 0 aliphatic carbocycles. The molecule has 0 aromatic rings. The van der Waals surface area contributed by atoms with Crippen LogP contribution in [0.3, 0.4) is 0 Å². The molecule has 0 spiro atoms. The molecule has 0 amide bonds. The van der Waals surface area contributed by atoms with Crippen molar-refractivity contribution in [1.29, 1.82) is 0 Å². The van der Waals surface area contributed by atoms with Crippen LogP contribution >= 0.6 is 0 Å². The zero-order chi connectivity index (χ0) is 8.55. The summed E-state index contributed by atoms with van der Waals surface area (Å²) in [6, 6.07) is 0.746. The Morgan fingerprint density at radius 1 is 1.42 bits per heavy atom. The highest BCUT2D eigenvalue weighted by atomic mass is 15.2. The predicted molar refractivity (Wildman–Crippen MR) is 51.2 cm³/mol. The highest BCUT2D eigenvalue weighted by Crippen LogP contribution is 2.27. The van der Waals surface area contributed by atoms with Gasteiger partial charge in [-0.3, -0.25) is 0 Å². The second kappa shape index (κ2) is 3.35. The van der Waals surface area contributed by atoms with Crippen molar-refractivity contribution in [2.24, 2.45) is 11.8 Å². The van der Waals surface area contributed by atoms with E-state index in [-0.39, 0.29) is 0 Å². The first-order chi connectivity index (χ1) is 5.79. The fraction of sp³-hybridized carbons (Fsp3) is 1.00. The molecule has 2 bridgehead atoms. The lowest BCUT2D eigenvalue weighted by molar-refractivity contribution is 0.0770. The molecule has 2 saturated heterocycles. The fourth-order valence-corrected chi connectivity index (χ4v) is 2.64. The Morgan fingerprint density at radius 2 is 2.25 bits per heavy atom. The number of nitrogens with zero attached hydrogens (tertiary/aromatic N) is 1. The van der Waals surface area contributed by atoms with Crippen LogP contribution in [0.1, 0.15) is 20.3 Å². The minimum atomic E-state index is 0.746. The van der Waals surface area contributed by atoms with Gasteiger partial charge in [-0.05, 0) is 38.3 Å². The van der Waals surface area contributed by atoms with Crippen LogP contribution in [0.5, 0.6) is 0 Å². The zero-order valence-corrected chi connectivity index (χ0v) is 8.21. The van der Waals surface area contributed by atoms with Gasteiger partial charge in [-0.15, -0.1) is 0 Å². The Balaban J connectivity index is 1.99. The molecule has 3 atom stereocenters. The zero-order valence-electron chi connectivity index (χ0n) is 8.21. The lowest BCUT2D eigenvalue weighted by atomic mass is 9.81. The molecule has 0 saturated carbocycles. The Morgan fingerprint density at radius 3 is 3.00 bits per heavy atom. The second-order valence-electron chi connectivity index (χ2n) is 4.41. The van der Waals surface area contributed by atoms with Gasteiger partial charge in [0.2, 0.25) is 0 Å². The molecule has 0 unspecified atom stereocenters. The van der Waals surface area contributed by atoms with Crippen LogP contribution in [0, 0.1) is 11.8 Å².